The summed E-state index contributed by atoms with van der Waals surface area (Å²) in [6.07, 6.45) is 0. The van der Waals surface area contributed by atoms with Crippen LogP contribution in [0.15, 0.2) is 72.8 Å². The van der Waals surface area contributed by atoms with Gasteiger partial charge < -0.3 is 0 Å². The van der Waals surface area contributed by atoms with E-state index >= 15 is 0 Å². The van der Waals surface area contributed by atoms with Crippen LogP contribution in [0.4, 0.5) is 0 Å². The molecular weight excluding hydrogens is 343 g/mol. The first-order valence-electron chi connectivity index (χ1n) is 8.01. The number of benzene rings is 4. The van der Waals surface area contributed by atoms with Gasteiger partial charge in [0.15, 0.2) is 0 Å². The molecule has 0 saturated heterocycles. The molecule has 1 heterocycles. The fourth-order valence-corrected chi connectivity index (χ4v) is 5.88. The standard InChI is InChI=1S/C22H16Se/c1-3-7-19-15(5-1)9-11-17-13-23-14-18-12-10-16-6-2-4-8-20(16)22(18)21(17)19/h1-12H,13-14H2. The van der Waals surface area contributed by atoms with E-state index in [0.29, 0.717) is 15.0 Å². The van der Waals surface area contributed by atoms with Crippen LogP contribution < -0.4 is 0 Å². The van der Waals surface area contributed by atoms with E-state index in [1.165, 1.54) is 54.4 Å². The van der Waals surface area contributed by atoms with E-state index in [2.05, 4.69) is 72.8 Å². The molecule has 1 heteroatoms. The van der Waals surface area contributed by atoms with Crippen LogP contribution in [0.1, 0.15) is 11.1 Å². The third-order valence-electron chi connectivity index (χ3n) is 4.80. The third-order valence-corrected chi connectivity index (χ3v) is 6.96. The van der Waals surface area contributed by atoms with Crippen molar-refractivity contribution in [2.45, 2.75) is 10.6 Å². The van der Waals surface area contributed by atoms with Gasteiger partial charge in [-0.05, 0) is 0 Å². The van der Waals surface area contributed by atoms with Gasteiger partial charge in [-0.1, -0.05) is 0 Å². The Hall–Kier alpha value is -2.08. The van der Waals surface area contributed by atoms with Crippen molar-refractivity contribution in [1.29, 1.82) is 0 Å². The topological polar surface area (TPSA) is 0 Å². The molecule has 110 valence electrons. The molecule has 0 saturated carbocycles. The Bertz CT molecular complexity index is 961. The quantitative estimate of drug-likeness (QED) is 0.370. The van der Waals surface area contributed by atoms with Crippen molar-refractivity contribution in [2.24, 2.45) is 0 Å². The molecule has 1 aliphatic heterocycles. The van der Waals surface area contributed by atoms with Crippen LogP contribution in [0.2, 0.25) is 0 Å². The first kappa shape index (κ1) is 13.4. The van der Waals surface area contributed by atoms with E-state index in [1.807, 2.05) is 0 Å². The molecule has 0 fully saturated rings. The fraction of sp³-hybridized carbons (Fsp3) is 0.0909. The molecule has 0 unspecified atom stereocenters. The molecule has 0 atom stereocenters. The van der Waals surface area contributed by atoms with Crippen LogP contribution in [0.25, 0.3) is 32.7 Å². The number of fused-ring (bicyclic) bond motifs is 7. The normalized spacial score (nSPS) is 13.6. The second-order valence-electron chi connectivity index (χ2n) is 6.13. The minimum absolute atomic E-state index is 0.644. The number of rotatable bonds is 0. The maximum atomic E-state index is 2.36. The molecular formula is C22H16Se. The summed E-state index contributed by atoms with van der Waals surface area (Å²) in [7, 11) is 0. The Morgan fingerprint density at radius 2 is 1.00 bits per heavy atom. The van der Waals surface area contributed by atoms with Gasteiger partial charge in [-0.15, -0.1) is 0 Å². The fourth-order valence-electron chi connectivity index (χ4n) is 3.74. The predicted molar refractivity (Wildman–Crippen MR) is 100 cm³/mol. The molecule has 4 aromatic rings. The molecule has 1 aliphatic rings. The van der Waals surface area contributed by atoms with Crippen molar-refractivity contribution in [1.82, 2.24) is 0 Å². The summed E-state index contributed by atoms with van der Waals surface area (Å²) < 4.78 is 0. The molecule has 0 spiro atoms. The molecule has 0 N–H and O–H groups in total. The van der Waals surface area contributed by atoms with E-state index in [9.17, 15) is 0 Å². The van der Waals surface area contributed by atoms with E-state index in [-0.39, 0.29) is 0 Å². The van der Waals surface area contributed by atoms with Crippen LogP contribution >= 0.6 is 0 Å². The van der Waals surface area contributed by atoms with Crippen LogP contribution in [-0.4, -0.2) is 15.0 Å². The van der Waals surface area contributed by atoms with Gasteiger partial charge in [0.05, 0.1) is 0 Å². The molecule has 0 aromatic heterocycles. The zero-order valence-corrected chi connectivity index (χ0v) is 14.5. The van der Waals surface area contributed by atoms with Crippen molar-refractivity contribution < 1.29 is 0 Å². The molecule has 5 rings (SSSR count). The monoisotopic (exact) mass is 360 g/mol. The Morgan fingerprint density at radius 1 is 0.522 bits per heavy atom. The van der Waals surface area contributed by atoms with Crippen molar-refractivity contribution in [3.63, 3.8) is 0 Å². The molecule has 0 nitrogen and oxygen atoms in total. The van der Waals surface area contributed by atoms with Gasteiger partial charge in [0.25, 0.3) is 0 Å². The summed E-state index contributed by atoms with van der Waals surface area (Å²) in [5.41, 5.74) is 6.01. The maximum absolute atomic E-state index is 2.36. The van der Waals surface area contributed by atoms with Gasteiger partial charge in [0.1, 0.15) is 0 Å². The molecule has 4 aromatic carbocycles. The average Bonchev–Trinajstić information content (AvgIpc) is 2.81. The van der Waals surface area contributed by atoms with Crippen LogP contribution in [0, 0.1) is 0 Å². The van der Waals surface area contributed by atoms with E-state index in [0.717, 1.165) is 0 Å². The van der Waals surface area contributed by atoms with Crippen molar-refractivity contribution >= 4 is 36.5 Å². The zero-order valence-electron chi connectivity index (χ0n) is 12.8. The molecule has 0 aliphatic carbocycles. The third kappa shape index (κ3) is 2.05. The summed E-state index contributed by atoms with van der Waals surface area (Å²) in [5, 5.41) is 7.96. The second-order valence-corrected chi connectivity index (χ2v) is 8.20. The first-order valence-corrected chi connectivity index (χ1v) is 10.4. The van der Waals surface area contributed by atoms with Gasteiger partial charge in [-0.25, -0.2) is 0 Å². The Kier molecular flexibility index (Phi) is 3.04. The summed E-state index contributed by atoms with van der Waals surface area (Å²) in [6, 6.07) is 27.0. The Morgan fingerprint density at radius 3 is 1.52 bits per heavy atom. The van der Waals surface area contributed by atoms with E-state index in [4.69, 9.17) is 0 Å². The molecule has 0 radical (unpaired) electrons. The molecule has 0 bridgehead atoms. The van der Waals surface area contributed by atoms with Crippen LogP contribution in [0.3, 0.4) is 0 Å². The van der Waals surface area contributed by atoms with E-state index in [1.54, 1.807) is 0 Å². The first-order chi connectivity index (χ1) is 11.4. The summed E-state index contributed by atoms with van der Waals surface area (Å²) in [6.45, 7) is 0. The van der Waals surface area contributed by atoms with E-state index < -0.39 is 0 Å². The summed E-state index contributed by atoms with van der Waals surface area (Å²) in [5.74, 6) is 0. The van der Waals surface area contributed by atoms with Gasteiger partial charge in [0, 0.05) is 0 Å². The van der Waals surface area contributed by atoms with Gasteiger partial charge in [0.2, 0.25) is 0 Å². The molecule has 0 amide bonds. The van der Waals surface area contributed by atoms with Crippen molar-refractivity contribution in [3.05, 3.63) is 83.9 Å². The zero-order chi connectivity index (χ0) is 15.2. The second kappa shape index (κ2) is 5.23. The van der Waals surface area contributed by atoms with Crippen molar-refractivity contribution in [2.75, 3.05) is 0 Å². The van der Waals surface area contributed by atoms with Gasteiger partial charge in [-0.2, -0.15) is 0 Å². The van der Waals surface area contributed by atoms with Gasteiger partial charge in [-0.3, -0.25) is 0 Å². The van der Waals surface area contributed by atoms with Gasteiger partial charge >= 0.3 is 142 Å². The average molecular weight is 359 g/mol. The van der Waals surface area contributed by atoms with Crippen LogP contribution in [-0.2, 0) is 10.6 Å². The SMILES string of the molecule is c1ccc2c3c(ccc2c1)C[Se]Cc1ccc2ccccc2c1-3. The minimum atomic E-state index is 0.644. The number of hydrogen-bond acceptors (Lipinski definition) is 0. The Balaban J connectivity index is 2.01. The summed E-state index contributed by atoms with van der Waals surface area (Å²) in [4.78, 5) is 0. The van der Waals surface area contributed by atoms with Crippen LogP contribution in [0.5, 0.6) is 0 Å². The number of hydrogen-bond donors (Lipinski definition) is 0. The predicted octanol–water partition coefficient (Wildman–Crippen LogP) is 5.38. The Labute approximate surface area is 142 Å². The molecule has 23 heavy (non-hydrogen) atoms. The summed E-state index contributed by atoms with van der Waals surface area (Å²) >= 11 is 0.644. The van der Waals surface area contributed by atoms with Crippen molar-refractivity contribution in [3.8, 4) is 11.1 Å².